The summed E-state index contributed by atoms with van der Waals surface area (Å²) in [5.41, 5.74) is 3.62. The zero-order valence-corrected chi connectivity index (χ0v) is 14.2. The molecule has 0 spiro atoms. The Morgan fingerprint density at radius 3 is 2.68 bits per heavy atom. The lowest BCUT2D eigenvalue weighted by Gasteiger charge is -2.08. The molecule has 2 aromatic heterocycles. The minimum Gasteiger partial charge on any atom is -0.467 e. The highest BCUT2D eigenvalue weighted by Crippen LogP contribution is 2.42. The van der Waals surface area contributed by atoms with E-state index >= 15 is 0 Å². The molecule has 5 heteroatoms. The normalized spacial score (nSPS) is 13.8. The van der Waals surface area contributed by atoms with Crippen LogP contribution >= 0.6 is 0 Å². The van der Waals surface area contributed by atoms with Crippen molar-refractivity contribution in [3.05, 3.63) is 71.4 Å². The highest BCUT2D eigenvalue weighted by atomic mass is 16.3. The van der Waals surface area contributed by atoms with Gasteiger partial charge in [0.25, 0.3) is 5.91 Å². The van der Waals surface area contributed by atoms with Gasteiger partial charge in [0.1, 0.15) is 5.76 Å². The van der Waals surface area contributed by atoms with Crippen LogP contribution in [0.1, 0.15) is 53.2 Å². The first-order valence-electron chi connectivity index (χ1n) is 8.75. The van der Waals surface area contributed by atoms with Crippen molar-refractivity contribution < 1.29 is 9.21 Å². The summed E-state index contributed by atoms with van der Waals surface area (Å²) in [6.45, 7) is 2.45. The lowest BCUT2D eigenvalue weighted by molar-refractivity contribution is 0.0946. The van der Waals surface area contributed by atoms with Gasteiger partial charge in [-0.25, -0.2) is 4.68 Å². The van der Waals surface area contributed by atoms with Gasteiger partial charge in [0.2, 0.25) is 0 Å². The van der Waals surface area contributed by atoms with E-state index in [-0.39, 0.29) is 5.91 Å². The maximum absolute atomic E-state index is 12.9. The standard InChI is InChI=1S/C20H21N3O2/c1-2-17-18(20(24)21-13-16-9-6-12-25-16)19(14-10-11-14)22-23(17)15-7-4-3-5-8-15/h3-9,12,14H,2,10-11,13H2,1H3,(H,21,24). The third-order valence-corrected chi connectivity index (χ3v) is 4.54. The molecule has 1 aromatic carbocycles. The number of nitrogens with one attached hydrogen (secondary N) is 1. The van der Waals surface area contributed by atoms with Gasteiger partial charge < -0.3 is 9.73 Å². The Morgan fingerprint density at radius 2 is 2.04 bits per heavy atom. The van der Waals surface area contributed by atoms with E-state index in [0.717, 1.165) is 47.7 Å². The van der Waals surface area contributed by atoms with Crippen molar-refractivity contribution in [1.29, 1.82) is 0 Å². The number of benzene rings is 1. The molecule has 128 valence electrons. The topological polar surface area (TPSA) is 60.1 Å². The van der Waals surface area contributed by atoms with Crippen molar-refractivity contribution in [2.45, 2.75) is 38.6 Å². The molecule has 1 saturated carbocycles. The van der Waals surface area contributed by atoms with Gasteiger partial charge in [0.15, 0.2) is 0 Å². The second-order valence-electron chi connectivity index (χ2n) is 6.34. The Balaban J connectivity index is 1.70. The van der Waals surface area contributed by atoms with Crippen LogP contribution in [-0.4, -0.2) is 15.7 Å². The Labute approximate surface area is 146 Å². The van der Waals surface area contributed by atoms with E-state index in [2.05, 4.69) is 12.2 Å². The molecule has 1 fully saturated rings. The predicted octanol–water partition coefficient (Wildman–Crippen LogP) is 3.84. The molecule has 0 atom stereocenters. The molecule has 2 heterocycles. The summed E-state index contributed by atoms with van der Waals surface area (Å²) in [4.78, 5) is 12.9. The number of carbonyl (C=O) groups is 1. The molecule has 0 bridgehead atoms. The first-order chi connectivity index (χ1) is 12.3. The highest BCUT2D eigenvalue weighted by molar-refractivity contribution is 5.97. The number of aromatic nitrogens is 2. The van der Waals surface area contributed by atoms with Crippen molar-refractivity contribution in [3.8, 4) is 5.69 Å². The monoisotopic (exact) mass is 335 g/mol. The molecule has 1 amide bonds. The van der Waals surface area contributed by atoms with Crippen LogP contribution in [0.4, 0.5) is 0 Å². The van der Waals surface area contributed by atoms with Gasteiger partial charge in [-0.15, -0.1) is 0 Å². The fourth-order valence-corrected chi connectivity index (χ4v) is 3.14. The minimum atomic E-state index is -0.0719. The van der Waals surface area contributed by atoms with Gasteiger partial charge >= 0.3 is 0 Å². The van der Waals surface area contributed by atoms with Crippen LogP contribution in [0.5, 0.6) is 0 Å². The van der Waals surface area contributed by atoms with Gasteiger partial charge in [-0.2, -0.15) is 5.10 Å². The quantitative estimate of drug-likeness (QED) is 0.744. The molecule has 0 unspecified atom stereocenters. The number of para-hydroxylation sites is 1. The van der Waals surface area contributed by atoms with Gasteiger partial charge in [-0.1, -0.05) is 25.1 Å². The average Bonchev–Trinajstić information content (AvgIpc) is 3.22. The van der Waals surface area contributed by atoms with Crippen molar-refractivity contribution in [2.75, 3.05) is 0 Å². The second-order valence-corrected chi connectivity index (χ2v) is 6.34. The number of amides is 1. The fraction of sp³-hybridized carbons (Fsp3) is 0.300. The van der Waals surface area contributed by atoms with Crippen LogP contribution in [-0.2, 0) is 13.0 Å². The van der Waals surface area contributed by atoms with Gasteiger partial charge in [-0.05, 0) is 43.5 Å². The minimum absolute atomic E-state index is 0.0719. The van der Waals surface area contributed by atoms with Crippen molar-refractivity contribution in [2.24, 2.45) is 0 Å². The molecule has 3 aromatic rings. The lowest BCUT2D eigenvalue weighted by Crippen LogP contribution is -2.24. The molecular formula is C20H21N3O2. The zero-order valence-electron chi connectivity index (χ0n) is 14.2. The van der Waals surface area contributed by atoms with Crippen LogP contribution in [0.15, 0.2) is 53.1 Å². The molecule has 1 N–H and O–H groups in total. The first-order valence-corrected chi connectivity index (χ1v) is 8.75. The molecule has 0 aliphatic heterocycles. The van der Waals surface area contributed by atoms with Crippen molar-refractivity contribution in [1.82, 2.24) is 15.1 Å². The number of rotatable bonds is 6. The zero-order chi connectivity index (χ0) is 17.2. The predicted molar refractivity (Wildman–Crippen MR) is 94.8 cm³/mol. The highest BCUT2D eigenvalue weighted by Gasteiger charge is 2.34. The number of nitrogens with zero attached hydrogens (tertiary/aromatic N) is 2. The summed E-state index contributed by atoms with van der Waals surface area (Å²) in [7, 11) is 0. The SMILES string of the molecule is CCc1c(C(=O)NCc2ccco2)c(C2CC2)nn1-c1ccccc1. The van der Waals surface area contributed by atoms with E-state index in [4.69, 9.17) is 9.52 Å². The molecule has 0 radical (unpaired) electrons. The van der Waals surface area contributed by atoms with Crippen molar-refractivity contribution >= 4 is 5.91 Å². The molecule has 5 nitrogen and oxygen atoms in total. The van der Waals surface area contributed by atoms with E-state index in [1.54, 1.807) is 6.26 Å². The molecule has 1 aliphatic carbocycles. The maximum atomic E-state index is 12.9. The summed E-state index contributed by atoms with van der Waals surface area (Å²) in [5.74, 6) is 1.08. The van der Waals surface area contributed by atoms with E-state index in [1.807, 2.05) is 47.1 Å². The Kier molecular flexibility index (Phi) is 4.14. The molecule has 1 aliphatic rings. The maximum Gasteiger partial charge on any atom is 0.255 e. The van der Waals surface area contributed by atoms with Gasteiger partial charge in [0.05, 0.1) is 35.4 Å². The summed E-state index contributed by atoms with van der Waals surface area (Å²) in [6.07, 6.45) is 4.57. The van der Waals surface area contributed by atoms with Crippen LogP contribution in [0, 0.1) is 0 Å². The lowest BCUT2D eigenvalue weighted by atomic mass is 10.1. The average molecular weight is 335 g/mol. The first kappa shape index (κ1) is 15.7. The number of furan rings is 1. The fourth-order valence-electron chi connectivity index (χ4n) is 3.14. The molecule has 25 heavy (non-hydrogen) atoms. The second kappa shape index (κ2) is 6.59. The van der Waals surface area contributed by atoms with Crippen molar-refractivity contribution in [3.63, 3.8) is 0 Å². The van der Waals surface area contributed by atoms with Gasteiger partial charge in [-0.3, -0.25) is 4.79 Å². The Hall–Kier alpha value is -2.82. The summed E-state index contributed by atoms with van der Waals surface area (Å²) < 4.78 is 7.23. The van der Waals surface area contributed by atoms with Crippen LogP contribution in [0.25, 0.3) is 5.69 Å². The Bertz CT molecular complexity index is 862. The van der Waals surface area contributed by atoms with E-state index < -0.39 is 0 Å². The Morgan fingerprint density at radius 1 is 1.24 bits per heavy atom. The van der Waals surface area contributed by atoms with Crippen LogP contribution in [0.3, 0.4) is 0 Å². The van der Waals surface area contributed by atoms with E-state index in [1.165, 1.54) is 0 Å². The van der Waals surface area contributed by atoms with Crippen LogP contribution in [0.2, 0.25) is 0 Å². The number of hydrogen-bond donors (Lipinski definition) is 1. The molecular weight excluding hydrogens is 314 g/mol. The summed E-state index contributed by atoms with van der Waals surface area (Å²) >= 11 is 0. The molecule has 0 saturated heterocycles. The van der Waals surface area contributed by atoms with E-state index in [0.29, 0.717) is 12.5 Å². The van der Waals surface area contributed by atoms with Crippen LogP contribution < -0.4 is 5.32 Å². The third-order valence-electron chi connectivity index (χ3n) is 4.54. The largest absolute Gasteiger partial charge is 0.467 e. The summed E-state index contributed by atoms with van der Waals surface area (Å²) in [5, 5.41) is 7.79. The van der Waals surface area contributed by atoms with E-state index in [9.17, 15) is 4.79 Å². The van der Waals surface area contributed by atoms with Gasteiger partial charge in [0, 0.05) is 5.92 Å². The third kappa shape index (κ3) is 3.09. The molecule has 4 rings (SSSR count). The smallest absolute Gasteiger partial charge is 0.255 e. The summed E-state index contributed by atoms with van der Waals surface area (Å²) in [6, 6.07) is 13.7. The number of hydrogen-bond acceptors (Lipinski definition) is 3. The number of carbonyl (C=O) groups excluding carboxylic acids is 1.